The lowest BCUT2D eigenvalue weighted by Crippen LogP contribution is -2.51. The van der Waals surface area contributed by atoms with Crippen molar-refractivity contribution in [3.05, 3.63) is 47.4 Å². The Morgan fingerprint density at radius 2 is 2.35 bits per heavy atom. The molecule has 0 aromatic carbocycles. The number of carbonyl (C=O) groups is 1. The van der Waals surface area contributed by atoms with Crippen LogP contribution in [0.15, 0.2) is 36.2 Å². The highest BCUT2D eigenvalue weighted by Crippen LogP contribution is 2.14. The standard InChI is InChI=1S/C20H27N3O3/c1-14(2)6-10-26-18-7-9-25-13-17(18)22-19(24)11-16-12-21-20-15(3)5-4-8-23(16)20/h4-6,8,12,17-18H,7,9-11,13H2,1-3H3,(H,22,24)/t17-,18+/m1/s1. The van der Waals surface area contributed by atoms with Crippen LogP contribution < -0.4 is 5.32 Å². The van der Waals surface area contributed by atoms with Gasteiger partial charge in [0.1, 0.15) is 5.65 Å². The fraction of sp³-hybridized carbons (Fsp3) is 0.500. The van der Waals surface area contributed by atoms with Crippen LogP contribution in [0, 0.1) is 6.92 Å². The van der Waals surface area contributed by atoms with Crippen molar-refractivity contribution in [3.63, 3.8) is 0 Å². The van der Waals surface area contributed by atoms with Gasteiger partial charge in [0.25, 0.3) is 0 Å². The van der Waals surface area contributed by atoms with Crippen LogP contribution in [0.5, 0.6) is 0 Å². The molecule has 0 aliphatic carbocycles. The van der Waals surface area contributed by atoms with Crippen molar-refractivity contribution in [2.45, 2.75) is 45.8 Å². The summed E-state index contributed by atoms with van der Waals surface area (Å²) in [5, 5.41) is 3.07. The van der Waals surface area contributed by atoms with E-state index >= 15 is 0 Å². The van der Waals surface area contributed by atoms with E-state index in [1.807, 2.05) is 43.5 Å². The average molecular weight is 357 g/mol. The van der Waals surface area contributed by atoms with Crippen molar-refractivity contribution in [2.24, 2.45) is 0 Å². The number of imidazole rings is 1. The molecule has 0 spiro atoms. The van der Waals surface area contributed by atoms with Crippen LogP contribution in [0.3, 0.4) is 0 Å². The number of pyridine rings is 1. The second-order valence-electron chi connectivity index (χ2n) is 7.00. The number of hydrogen-bond donors (Lipinski definition) is 1. The number of allylic oxidation sites excluding steroid dienone is 1. The number of carbonyl (C=O) groups excluding carboxylic acids is 1. The maximum Gasteiger partial charge on any atom is 0.226 e. The number of rotatable bonds is 6. The number of amides is 1. The summed E-state index contributed by atoms with van der Waals surface area (Å²) < 4.78 is 13.4. The lowest BCUT2D eigenvalue weighted by Gasteiger charge is -2.31. The van der Waals surface area contributed by atoms with Crippen molar-refractivity contribution in [1.82, 2.24) is 14.7 Å². The Balaban J connectivity index is 1.62. The molecule has 1 N–H and O–H groups in total. The largest absolute Gasteiger partial charge is 0.379 e. The van der Waals surface area contributed by atoms with Crippen molar-refractivity contribution < 1.29 is 14.3 Å². The molecule has 6 nitrogen and oxygen atoms in total. The number of nitrogens with zero attached hydrogens (tertiary/aromatic N) is 2. The van der Waals surface area contributed by atoms with Gasteiger partial charge in [-0.1, -0.05) is 17.7 Å². The number of hydrogen-bond acceptors (Lipinski definition) is 4. The zero-order chi connectivity index (χ0) is 18.5. The predicted molar refractivity (Wildman–Crippen MR) is 100 cm³/mol. The van der Waals surface area contributed by atoms with E-state index < -0.39 is 0 Å². The summed E-state index contributed by atoms with van der Waals surface area (Å²) in [6.07, 6.45) is 6.80. The molecular formula is C20H27N3O3. The van der Waals surface area contributed by atoms with E-state index in [-0.39, 0.29) is 24.5 Å². The molecule has 1 saturated heterocycles. The van der Waals surface area contributed by atoms with Gasteiger partial charge in [0.15, 0.2) is 0 Å². The zero-order valence-corrected chi connectivity index (χ0v) is 15.7. The predicted octanol–water partition coefficient (Wildman–Crippen LogP) is 2.44. The first-order valence-electron chi connectivity index (χ1n) is 9.08. The van der Waals surface area contributed by atoms with E-state index in [0.717, 1.165) is 23.3 Å². The Morgan fingerprint density at radius 1 is 1.50 bits per heavy atom. The zero-order valence-electron chi connectivity index (χ0n) is 15.7. The minimum atomic E-state index is -0.122. The lowest BCUT2D eigenvalue weighted by atomic mass is 10.1. The first-order valence-corrected chi connectivity index (χ1v) is 9.08. The van der Waals surface area contributed by atoms with Crippen LogP contribution in [-0.2, 0) is 20.7 Å². The molecule has 0 radical (unpaired) electrons. The third-order valence-corrected chi connectivity index (χ3v) is 4.59. The number of fused-ring (bicyclic) bond motifs is 1. The van der Waals surface area contributed by atoms with Gasteiger partial charge in [-0.25, -0.2) is 4.98 Å². The lowest BCUT2D eigenvalue weighted by molar-refractivity contribution is -0.125. The second kappa shape index (κ2) is 8.47. The highest BCUT2D eigenvalue weighted by molar-refractivity contribution is 5.78. The SMILES string of the molecule is CC(C)=CCO[C@H]1CCOC[C@H]1NC(=O)Cc1cnc2c(C)cccn12. The minimum Gasteiger partial charge on any atom is -0.379 e. The second-order valence-corrected chi connectivity index (χ2v) is 7.00. The van der Waals surface area contributed by atoms with Crippen LogP contribution in [0.2, 0.25) is 0 Å². The third kappa shape index (κ3) is 4.51. The average Bonchev–Trinajstić information content (AvgIpc) is 3.00. The molecule has 0 bridgehead atoms. The van der Waals surface area contributed by atoms with E-state index in [2.05, 4.69) is 16.4 Å². The summed E-state index contributed by atoms with van der Waals surface area (Å²) in [7, 11) is 0. The first-order chi connectivity index (χ1) is 12.5. The summed E-state index contributed by atoms with van der Waals surface area (Å²) in [5.74, 6) is -0.0420. The summed E-state index contributed by atoms with van der Waals surface area (Å²) in [5.41, 5.74) is 4.08. The number of ether oxygens (including phenoxy) is 2. The molecule has 1 amide bonds. The van der Waals surface area contributed by atoms with Gasteiger partial charge in [0, 0.05) is 19.0 Å². The van der Waals surface area contributed by atoms with E-state index in [1.165, 1.54) is 5.57 Å². The fourth-order valence-electron chi connectivity index (χ4n) is 3.15. The Kier molecular flexibility index (Phi) is 6.06. The van der Waals surface area contributed by atoms with E-state index in [9.17, 15) is 4.79 Å². The molecule has 140 valence electrons. The Hall–Kier alpha value is -2.18. The van der Waals surface area contributed by atoms with Gasteiger partial charge in [-0.15, -0.1) is 0 Å². The molecular weight excluding hydrogens is 330 g/mol. The molecule has 0 saturated carbocycles. The van der Waals surface area contributed by atoms with Gasteiger partial charge >= 0.3 is 0 Å². The first kappa shape index (κ1) is 18.6. The van der Waals surface area contributed by atoms with Crippen LogP contribution in [0.4, 0.5) is 0 Å². The Labute approximate surface area is 154 Å². The summed E-state index contributed by atoms with van der Waals surface area (Å²) in [6, 6.07) is 3.86. The van der Waals surface area contributed by atoms with Crippen LogP contribution in [-0.4, -0.2) is 47.3 Å². The molecule has 2 aromatic rings. The van der Waals surface area contributed by atoms with Gasteiger partial charge in [-0.05, 0) is 38.8 Å². The van der Waals surface area contributed by atoms with Gasteiger partial charge in [0.05, 0.1) is 37.5 Å². The normalized spacial score (nSPS) is 20.1. The molecule has 0 unspecified atom stereocenters. The minimum absolute atomic E-state index is 0.0206. The molecule has 1 aliphatic rings. The topological polar surface area (TPSA) is 64.9 Å². The monoisotopic (exact) mass is 357 g/mol. The van der Waals surface area contributed by atoms with E-state index in [0.29, 0.717) is 19.8 Å². The molecule has 3 rings (SSSR count). The third-order valence-electron chi connectivity index (χ3n) is 4.59. The highest BCUT2D eigenvalue weighted by atomic mass is 16.5. The fourth-order valence-corrected chi connectivity index (χ4v) is 3.15. The summed E-state index contributed by atoms with van der Waals surface area (Å²) >= 11 is 0. The molecule has 3 heterocycles. The van der Waals surface area contributed by atoms with Crippen molar-refractivity contribution in [3.8, 4) is 0 Å². The van der Waals surface area contributed by atoms with Crippen molar-refractivity contribution in [1.29, 1.82) is 0 Å². The summed E-state index contributed by atoms with van der Waals surface area (Å²) in [6.45, 7) is 7.82. The Bertz CT molecular complexity index is 793. The van der Waals surface area contributed by atoms with E-state index in [1.54, 1.807) is 6.20 Å². The van der Waals surface area contributed by atoms with Crippen LogP contribution in [0.1, 0.15) is 31.5 Å². The van der Waals surface area contributed by atoms with Gasteiger partial charge in [0.2, 0.25) is 5.91 Å². The molecule has 2 atom stereocenters. The Morgan fingerprint density at radius 3 is 3.15 bits per heavy atom. The van der Waals surface area contributed by atoms with Gasteiger partial charge < -0.3 is 19.2 Å². The van der Waals surface area contributed by atoms with Gasteiger partial charge in [-0.2, -0.15) is 0 Å². The van der Waals surface area contributed by atoms with Crippen molar-refractivity contribution in [2.75, 3.05) is 19.8 Å². The van der Waals surface area contributed by atoms with Crippen molar-refractivity contribution >= 4 is 11.6 Å². The molecule has 1 fully saturated rings. The smallest absolute Gasteiger partial charge is 0.226 e. The molecule has 6 heteroatoms. The van der Waals surface area contributed by atoms with Crippen LogP contribution in [0.25, 0.3) is 5.65 Å². The molecule has 26 heavy (non-hydrogen) atoms. The van der Waals surface area contributed by atoms with Crippen LogP contribution >= 0.6 is 0 Å². The number of aromatic nitrogens is 2. The number of aryl methyl sites for hydroxylation is 1. The molecule has 2 aromatic heterocycles. The van der Waals surface area contributed by atoms with E-state index in [4.69, 9.17) is 9.47 Å². The number of nitrogens with one attached hydrogen (secondary N) is 1. The molecule has 1 aliphatic heterocycles. The van der Waals surface area contributed by atoms with Gasteiger partial charge in [-0.3, -0.25) is 4.79 Å². The maximum absolute atomic E-state index is 12.6. The summed E-state index contributed by atoms with van der Waals surface area (Å²) in [4.78, 5) is 17.0. The maximum atomic E-state index is 12.6. The highest BCUT2D eigenvalue weighted by Gasteiger charge is 2.28. The quantitative estimate of drug-likeness (QED) is 0.807.